The number of anilines is 1. The second-order valence-electron chi connectivity index (χ2n) is 5.31. The summed E-state index contributed by atoms with van der Waals surface area (Å²) in [6, 6.07) is 5.92. The zero-order chi connectivity index (χ0) is 13.1. The van der Waals surface area contributed by atoms with Gasteiger partial charge < -0.3 is 4.90 Å². The highest BCUT2D eigenvalue weighted by molar-refractivity contribution is 9.08. The van der Waals surface area contributed by atoms with Gasteiger partial charge in [0.2, 0.25) is 0 Å². The zero-order valence-electron chi connectivity index (χ0n) is 11.1. The Morgan fingerprint density at radius 1 is 1.33 bits per heavy atom. The summed E-state index contributed by atoms with van der Waals surface area (Å²) in [5.41, 5.74) is 1.81. The molecule has 2 unspecified atom stereocenters. The molecular formula is C15H21BrFN. The Morgan fingerprint density at radius 3 is 2.72 bits per heavy atom. The molecule has 1 aliphatic rings. The maximum Gasteiger partial charge on any atom is 0.129 e. The van der Waals surface area contributed by atoms with Gasteiger partial charge in [0.15, 0.2) is 0 Å². The van der Waals surface area contributed by atoms with Crippen LogP contribution in [0.3, 0.4) is 0 Å². The van der Waals surface area contributed by atoms with E-state index in [1.165, 1.54) is 31.7 Å². The summed E-state index contributed by atoms with van der Waals surface area (Å²) < 4.78 is 13.8. The minimum atomic E-state index is -0.111. The highest BCUT2D eigenvalue weighted by Gasteiger charge is 2.26. The summed E-state index contributed by atoms with van der Waals surface area (Å²) in [6.07, 6.45) is 5.13. The second kappa shape index (κ2) is 6.05. The molecule has 0 saturated heterocycles. The molecule has 1 saturated carbocycles. The molecule has 1 aliphatic carbocycles. The number of nitrogens with zero attached hydrogens (tertiary/aromatic N) is 1. The lowest BCUT2D eigenvalue weighted by atomic mass is 9.84. The molecule has 100 valence electrons. The van der Waals surface area contributed by atoms with Crippen LogP contribution in [0.2, 0.25) is 0 Å². The highest BCUT2D eigenvalue weighted by Crippen LogP contribution is 2.33. The van der Waals surface area contributed by atoms with Crippen LogP contribution in [0.4, 0.5) is 10.1 Å². The number of rotatable bonds is 3. The molecule has 18 heavy (non-hydrogen) atoms. The van der Waals surface area contributed by atoms with Crippen LogP contribution >= 0.6 is 15.9 Å². The molecule has 1 aromatic rings. The van der Waals surface area contributed by atoms with Crippen molar-refractivity contribution >= 4 is 21.6 Å². The largest absolute Gasteiger partial charge is 0.371 e. The van der Waals surface area contributed by atoms with Crippen LogP contribution in [0.15, 0.2) is 18.2 Å². The average molecular weight is 314 g/mol. The number of hydrogen-bond acceptors (Lipinski definition) is 1. The van der Waals surface area contributed by atoms with E-state index in [1.807, 2.05) is 6.07 Å². The summed E-state index contributed by atoms with van der Waals surface area (Å²) in [5, 5.41) is 0.570. The van der Waals surface area contributed by atoms with E-state index in [-0.39, 0.29) is 5.82 Å². The van der Waals surface area contributed by atoms with E-state index in [0.717, 1.165) is 11.3 Å². The van der Waals surface area contributed by atoms with Crippen LogP contribution in [0.25, 0.3) is 0 Å². The molecule has 1 fully saturated rings. The van der Waals surface area contributed by atoms with Crippen molar-refractivity contribution in [2.75, 3.05) is 11.9 Å². The molecule has 0 heterocycles. The van der Waals surface area contributed by atoms with E-state index in [9.17, 15) is 4.39 Å². The quantitative estimate of drug-likeness (QED) is 0.729. The SMILES string of the molecule is CC1CCCCC1N(C)c1cccc(F)c1CBr. The summed E-state index contributed by atoms with van der Waals surface area (Å²) in [5.74, 6) is 0.579. The summed E-state index contributed by atoms with van der Waals surface area (Å²) >= 11 is 3.40. The van der Waals surface area contributed by atoms with Crippen LogP contribution in [-0.4, -0.2) is 13.1 Å². The number of halogens is 2. The highest BCUT2D eigenvalue weighted by atomic mass is 79.9. The van der Waals surface area contributed by atoms with Crippen molar-refractivity contribution in [3.63, 3.8) is 0 Å². The number of alkyl halides is 1. The molecule has 0 radical (unpaired) electrons. The van der Waals surface area contributed by atoms with Gasteiger partial charge in [-0.1, -0.05) is 41.8 Å². The molecule has 0 amide bonds. The van der Waals surface area contributed by atoms with E-state index in [0.29, 0.717) is 17.3 Å². The van der Waals surface area contributed by atoms with Gasteiger partial charge >= 0.3 is 0 Å². The average Bonchev–Trinajstić information content (AvgIpc) is 2.38. The van der Waals surface area contributed by atoms with E-state index in [4.69, 9.17) is 0 Å². The Labute approximate surface area is 118 Å². The molecule has 1 aromatic carbocycles. The fraction of sp³-hybridized carbons (Fsp3) is 0.600. The minimum absolute atomic E-state index is 0.111. The van der Waals surface area contributed by atoms with Crippen LogP contribution in [0, 0.1) is 11.7 Å². The van der Waals surface area contributed by atoms with Crippen molar-refractivity contribution in [2.45, 2.75) is 44.0 Å². The number of benzene rings is 1. The van der Waals surface area contributed by atoms with Crippen molar-refractivity contribution < 1.29 is 4.39 Å². The third-order valence-electron chi connectivity index (χ3n) is 4.17. The van der Waals surface area contributed by atoms with Gasteiger partial charge in [0.05, 0.1) is 0 Å². The van der Waals surface area contributed by atoms with Crippen molar-refractivity contribution in [2.24, 2.45) is 5.92 Å². The lowest BCUT2D eigenvalue weighted by Crippen LogP contribution is -2.39. The predicted octanol–water partition coefficient (Wildman–Crippen LogP) is 4.74. The van der Waals surface area contributed by atoms with Crippen molar-refractivity contribution in [3.8, 4) is 0 Å². The summed E-state index contributed by atoms with van der Waals surface area (Å²) in [6.45, 7) is 2.31. The van der Waals surface area contributed by atoms with Gasteiger partial charge in [-0.15, -0.1) is 0 Å². The topological polar surface area (TPSA) is 3.24 Å². The fourth-order valence-electron chi connectivity index (χ4n) is 3.06. The maximum absolute atomic E-state index is 13.8. The Hall–Kier alpha value is -0.570. The van der Waals surface area contributed by atoms with E-state index >= 15 is 0 Å². The van der Waals surface area contributed by atoms with Gasteiger partial charge in [0.1, 0.15) is 5.82 Å². The number of hydrogen-bond donors (Lipinski definition) is 0. The van der Waals surface area contributed by atoms with Gasteiger partial charge in [0.25, 0.3) is 0 Å². The van der Waals surface area contributed by atoms with Gasteiger partial charge in [-0.05, 0) is 30.9 Å². The lowest BCUT2D eigenvalue weighted by molar-refractivity contribution is 0.321. The first-order valence-electron chi connectivity index (χ1n) is 6.71. The lowest BCUT2D eigenvalue weighted by Gasteiger charge is -2.38. The molecule has 0 N–H and O–H groups in total. The summed E-state index contributed by atoms with van der Waals surface area (Å²) in [7, 11) is 2.10. The molecule has 1 nitrogen and oxygen atoms in total. The van der Waals surface area contributed by atoms with E-state index in [2.05, 4.69) is 34.8 Å². The molecular weight excluding hydrogens is 293 g/mol. The third kappa shape index (κ3) is 2.71. The Morgan fingerprint density at radius 2 is 2.06 bits per heavy atom. The van der Waals surface area contributed by atoms with Crippen LogP contribution < -0.4 is 4.90 Å². The van der Waals surface area contributed by atoms with Crippen molar-refractivity contribution in [1.82, 2.24) is 0 Å². The zero-order valence-corrected chi connectivity index (χ0v) is 12.7. The molecule has 2 rings (SSSR count). The van der Waals surface area contributed by atoms with E-state index in [1.54, 1.807) is 6.07 Å². The minimum Gasteiger partial charge on any atom is -0.371 e. The van der Waals surface area contributed by atoms with Crippen LogP contribution in [0.1, 0.15) is 38.2 Å². The normalized spacial score (nSPS) is 24.0. The second-order valence-corrected chi connectivity index (χ2v) is 5.87. The van der Waals surface area contributed by atoms with Gasteiger partial charge in [-0.2, -0.15) is 0 Å². The molecule has 0 aromatic heterocycles. The first kappa shape index (κ1) is 13.9. The Bertz CT molecular complexity index is 407. The molecule has 0 spiro atoms. The fourth-order valence-corrected chi connectivity index (χ4v) is 3.62. The first-order chi connectivity index (χ1) is 8.65. The first-order valence-corrected chi connectivity index (χ1v) is 7.83. The van der Waals surface area contributed by atoms with Crippen LogP contribution in [-0.2, 0) is 5.33 Å². The summed E-state index contributed by atoms with van der Waals surface area (Å²) in [4.78, 5) is 2.28. The third-order valence-corrected chi connectivity index (χ3v) is 4.73. The molecule has 3 heteroatoms. The Kier molecular flexibility index (Phi) is 4.66. The van der Waals surface area contributed by atoms with Gasteiger partial charge in [-0.3, -0.25) is 0 Å². The maximum atomic E-state index is 13.8. The molecule has 2 atom stereocenters. The molecule has 0 bridgehead atoms. The Balaban J connectivity index is 2.27. The van der Waals surface area contributed by atoms with E-state index < -0.39 is 0 Å². The van der Waals surface area contributed by atoms with Crippen molar-refractivity contribution in [1.29, 1.82) is 0 Å². The van der Waals surface area contributed by atoms with Gasteiger partial charge in [0, 0.05) is 29.7 Å². The van der Waals surface area contributed by atoms with Crippen LogP contribution in [0.5, 0.6) is 0 Å². The molecule has 0 aliphatic heterocycles. The van der Waals surface area contributed by atoms with Crippen molar-refractivity contribution in [3.05, 3.63) is 29.6 Å². The standard InChI is InChI=1S/C15H21BrFN/c1-11-6-3-4-8-14(11)18(2)15-9-5-7-13(17)12(15)10-16/h5,7,9,11,14H,3-4,6,8,10H2,1-2H3. The van der Waals surface area contributed by atoms with Gasteiger partial charge in [-0.25, -0.2) is 4.39 Å². The monoisotopic (exact) mass is 313 g/mol. The predicted molar refractivity (Wildman–Crippen MR) is 78.9 cm³/mol. The smallest absolute Gasteiger partial charge is 0.129 e.